The highest BCUT2D eigenvalue weighted by molar-refractivity contribution is 7.22. The molecule has 0 spiro atoms. The fourth-order valence-corrected chi connectivity index (χ4v) is 4.87. The van der Waals surface area contributed by atoms with Gasteiger partial charge in [-0.1, -0.05) is 35.1 Å². The van der Waals surface area contributed by atoms with Gasteiger partial charge in [-0.25, -0.2) is 9.07 Å². The summed E-state index contributed by atoms with van der Waals surface area (Å²) in [6.07, 6.45) is 0. The summed E-state index contributed by atoms with van der Waals surface area (Å²) >= 11 is 1.64. The van der Waals surface area contributed by atoms with Gasteiger partial charge in [-0.15, -0.1) is 0 Å². The maximum absolute atomic E-state index is 13.5. The molecule has 31 heavy (non-hydrogen) atoms. The molecule has 8 heteroatoms. The van der Waals surface area contributed by atoms with E-state index >= 15 is 0 Å². The van der Waals surface area contributed by atoms with Crippen LogP contribution in [0.2, 0.25) is 0 Å². The van der Waals surface area contributed by atoms with Gasteiger partial charge in [0.1, 0.15) is 5.82 Å². The van der Waals surface area contributed by atoms with Crippen molar-refractivity contribution in [3.8, 4) is 5.69 Å². The van der Waals surface area contributed by atoms with Gasteiger partial charge in [0, 0.05) is 31.7 Å². The lowest BCUT2D eigenvalue weighted by Crippen LogP contribution is -2.48. The van der Waals surface area contributed by atoms with Crippen LogP contribution in [0.25, 0.3) is 16.0 Å². The van der Waals surface area contributed by atoms with Gasteiger partial charge in [-0.05, 0) is 44.2 Å². The van der Waals surface area contributed by atoms with Crippen molar-refractivity contribution in [2.75, 3.05) is 31.1 Å². The Morgan fingerprint density at radius 3 is 2.48 bits per heavy atom. The van der Waals surface area contributed by atoms with E-state index in [0.717, 1.165) is 26.9 Å². The van der Waals surface area contributed by atoms with Crippen LogP contribution in [-0.2, 0) is 0 Å². The summed E-state index contributed by atoms with van der Waals surface area (Å²) in [4.78, 5) is 21.6. The molecule has 6 nitrogen and oxygen atoms in total. The molecule has 0 radical (unpaired) electrons. The Labute approximate surface area is 183 Å². The predicted octanol–water partition coefficient (Wildman–Crippen LogP) is 4.20. The lowest BCUT2D eigenvalue weighted by atomic mass is 10.2. The molecule has 0 bridgehead atoms. The third-order valence-corrected chi connectivity index (χ3v) is 6.78. The first-order valence-electron chi connectivity index (χ1n) is 10.2. The van der Waals surface area contributed by atoms with Gasteiger partial charge in [0.15, 0.2) is 10.8 Å². The van der Waals surface area contributed by atoms with E-state index in [9.17, 15) is 9.18 Å². The normalized spacial score (nSPS) is 14.4. The van der Waals surface area contributed by atoms with Gasteiger partial charge in [0.2, 0.25) is 0 Å². The SMILES string of the molecule is Cc1ccc(-n2nc(C)c3sc(N4CCN(C(=O)c5cccc(F)c5)CC4)nc32)cc1. The van der Waals surface area contributed by atoms with E-state index in [1.807, 2.05) is 11.6 Å². The van der Waals surface area contributed by atoms with E-state index in [0.29, 0.717) is 31.7 Å². The Hall–Kier alpha value is -3.26. The predicted molar refractivity (Wildman–Crippen MR) is 121 cm³/mol. The molecular formula is C23H22FN5OS. The molecule has 0 atom stereocenters. The maximum Gasteiger partial charge on any atom is 0.254 e. The van der Waals surface area contributed by atoms with Crippen LogP contribution < -0.4 is 4.90 Å². The molecule has 3 heterocycles. The van der Waals surface area contributed by atoms with Crippen molar-refractivity contribution in [3.05, 3.63) is 71.2 Å². The summed E-state index contributed by atoms with van der Waals surface area (Å²) in [5, 5.41) is 5.61. The number of aromatic nitrogens is 3. The van der Waals surface area contributed by atoms with E-state index in [4.69, 9.17) is 4.98 Å². The summed E-state index contributed by atoms with van der Waals surface area (Å²) in [5.41, 5.74) is 4.40. The zero-order valence-electron chi connectivity index (χ0n) is 17.4. The van der Waals surface area contributed by atoms with E-state index in [-0.39, 0.29) is 5.91 Å². The second kappa shape index (κ2) is 7.77. The van der Waals surface area contributed by atoms with Gasteiger partial charge >= 0.3 is 0 Å². The fraction of sp³-hybridized carbons (Fsp3) is 0.261. The number of amides is 1. The van der Waals surface area contributed by atoms with Crippen LogP contribution in [-0.4, -0.2) is 51.8 Å². The van der Waals surface area contributed by atoms with Crippen molar-refractivity contribution in [1.82, 2.24) is 19.7 Å². The van der Waals surface area contributed by atoms with Crippen LogP contribution in [0.4, 0.5) is 9.52 Å². The summed E-state index contributed by atoms with van der Waals surface area (Å²) in [6, 6.07) is 14.1. The average molecular weight is 436 g/mol. The number of fused-ring (bicyclic) bond motifs is 1. The first kappa shape index (κ1) is 19.7. The summed E-state index contributed by atoms with van der Waals surface area (Å²) in [6.45, 7) is 6.60. The zero-order chi connectivity index (χ0) is 21.5. The van der Waals surface area contributed by atoms with Crippen LogP contribution >= 0.6 is 11.3 Å². The van der Waals surface area contributed by atoms with Crippen molar-refractivity contribution in [2.24, 2.45) is 0 Å². The van der Waals surface area contributed by atoms with Gasteiger partial charge in [-0.3, -0.25) is 4.79 Å². The van der Waals surface area contributed by atoms with Crippen molar-refractivity contribution >= 4 is 32.7 Å². The first-order valence-corrected chi connectivity index (χ1v) is 11.0. The lowest BCUT2D eigenvalue weighted by Gasteiger charge is -2.34. The number of piperazine rings is 1. The Morgan fingerprint density at radius 2 is 1.77 bits per heavy atom. The molecule has 1 aliphatic heterocycles. The number of rotatable bonds is 3. The Bertz CT molecular complexity index is 1250. The van der Waals surface area contributed by atoms with Gasteiger partial charge in [-0.2, -0.15) is 10.1 Å². The number of nitrogens with zero attached hydrogens (tertiary/aromatic N) is 5. The Morgan fingerprint density at radius 1 is 1.03 bits per heavy atom. The van der Waals surface area contributed by atoms with Crippen LogP contribution in [0.1, 0.15) is 21.6 Å². The van der Waals surface area contributed by atoms with Crippen LogP contribution in [0, 0.1) is 19.7 Å². The summed E-state index contributed by atoms with van der Waals surface area (Å²) in [5.74, 6) is -0.522. The highest BCUT2D eigenvalue weighted by Crippen LogP contribution is 2.33. The molecule has 0 N–H and O–H groups in total. The minimum Gasteiger partial charge on any atom is -0.344 e. The molecule has 0 aliphatic carbocycles. The second-order valence-corrected chi connectivity index (χ2v) is 8.75. The standard InChI is InChI=1S/C23H22FN5OS/c1-15-6-8-19(9-7-15)29-21-20(16(2)26-29)31-23(25-21)28-12-10-27(11-13-28)22(30)17-4-3-5-18(24)14-17/h3-9,14H,10-13H2,1-2H3. The van der Waals surface area contributed by atoms with Crippen molar-refractivity contribution in [3.63, 3.8) is 0 Å². The molecule has 2 aromatic carbocycles. The monoisotopic (exact) mass is 435 g/mol. The number of halogens is 1. The smallest absolute Gasteiger partial charge is 0.254 e. The highest BCUT2D eigenvalue weighted by atomic mass is 32.1. The van der Waals surface area contributed by atoms with E-state index in [1.165, 1.54) is 17.7 Å². The number of hydrogen-bond donors (Lipinski definition) is 0. The molecule has 1 amide bonds. The quantitative estimate of drug-likeness (QED) is 0.484. The number of carbonyl (C=O) groups is 1. The third kappa shape index (κ3) is 3.67. The molecule has 1 aliphatic rings. The molecule has 2 aromatic heterocycles. The molecule has 0 unspecified atom stereocenters. The van der Waals surface area contributed by atoms with Crippen molar-refractivity contribution < 1.29 is 9.18 Å². The average Bonchev–Trinajstić information content (AvgIpc) is 3.35. The molecule has 5 rings (SSSR count). The minimum absolute atomic E-state index is 0.130. The minimum atomic E-state index is -0.392. The fourth-order valence-electron chi connectivity index (χ4n) is 3.83. The molecule has 0 saturated carbocycles. The topological polar surface area (TPSA) is 54.3 Å². The molecule has 1 fully saturated rings. The first-order chi connectivity index (χ1) is 15.0. The van der Waals surface area contributed by atoms with Gasteiger partial charge < -0.3 is 9.80 Å². The summed E-state index contributed by atoms with van der Waals surface area (Å²) < 4.78 is 16.4. The molecular weight excluding hydrogens is 413 g/mol. The second-order valence-electron chi connectivity index (χ2n) is 7.77. The summed E-state index contributed by atoms with van der Waals surface area (Å²) in [7, 11) is 0. The van der Waals surface area contributed by atoms with Crippen molar-refractivity contribution in [2.45, 2.75) is 13.8 Å². The Kier molecular flexibility index (Phi) is 4.94. The number of carbonyl (C=O) groups excluding carboxylic acids is 1. The zero-order valence-corrected chi connectivity index (χ0v) is 18.2. The lowest BCUT2D eigenvalue weighted by molar-refractivity contribution is 0.0746. The van der Waals surface area contributed by atoms with E-state index in [2.05, 4.69) is 41.2 Å². The van der Waals surface area contributed by atoms with Crippen LogP contribution in [0.3, 0.4) is 0 Å². The number of thiazole rings is 1. The largest absolute Gasteiger partial charge is 0.344 e. The number of anilines is 1. The highest BCUT2D eigenvalue weighted by Gasteiger charge is 2.25. The van der Waals surface area contributed by atoms with Gasteiger partial charge in [0.25, 0.3) is 5.91 Å². The maximum atomic E-state index is 13.5. The Balaban J connectivity index is 1.35. The van der Waals surface area contributed by atoms with E-state index in [1.54, 1.807) is 28.4 Å². The van der Waals surface area contributed by atoms with Gasteiger partial charge in [0.05, 0.1) is 16.1 Å². The number of benzene rings is 2. The third-order valence-electron chi connectivity index (χ3n) is 5.56. The van der Waals surface area contributed by atoms with Crippen LogP contribution in [0.5, 0.6) is 0 Å². The molecule has 1 saturated heterocycles. The molecule has 158 valence electrons. The number of aryl methyl sites for hydroxylation is 2. The van der Waals surface area contributed by atoms with E-state index < -0.39 is 5.82 Å². The number of hydrogen-bond acceptors (Lipinski definition) is 5. The van der Waals surface area contributed by atoms with Crippen LogP contribution in [0.15, 0.2) is 48.5 Å². The van der Waals surface area contributed by atoms with Crippen molar-refractivity contribution in [1.29, 1.82) is 0 Å². The molecule has 4 aromatic rings.